The zero-order valence-electron chi connectivity index (χ0n) is 10.8. The minimum absolute atomic E-state index is 0.313. The van der Waals surface area contributed by atoms with Gasteiger partial charge < -0.3 is 15.7 Å². The Bertz CT molecular complexity index is 416. The van der Waals surface area contributed by atoms with Crippen molar-refractivity contribution >= 4 is 5.97 Å². The number of nitrogens with two attached hydrogens (primary N) is 1. The van der Waals surface area contributed by atoms with Crippen LogP contribution in [0.1, 0.15) is 22.7 Å². The molecule has 0 amide bonds. The van der Waals surface area contributed by atoms with Crippen molar-refractivity contribution in [2.24, 2.45) is 5.73 Å². The highest BCUT2D eigenvalue weighted by Crippen LogP contribution is 2.25. The maximum atomic E-state index is 11.1. The third-order valence-corrected chi connectivity index (χ3v) is 2.94. The monoisotopic (exact) mass is 236 g/mol. The summed E-state index contributed by atoms with van der Waals surface area (Å²) in [5.74, 6) is -0.982. The van der Waals surface area contributed by atoms with Crippen molar-refractivity contribution < 1.29 is 9.90 Å². The molecule has 1 aromatic rings. The Hall–Kier alpha value is -1.39. The van der Waals surface area contributed by atoms with E-state index < -0.39 is 12.0 Å². The summed E-state index contributed by atoms with van der Waals surface area (Å²) in [5, 5.41) is 9.07. The van der Waals surface area contributed by atoms with Gasteiger partial charge in [-0.05, 0) is 39.1 Å². The van der Waals surface area contributed by atoms with Crippen molar-refractivity contribution in [3.05, 3.63) is 34.9 Å². The van der Waals surface area contributed by atoms with E-state index in [0.717, 1.165) is 16.7 Å². The summed E-state index contributed by atoms with van der Waals surface area (Å²) in [6.45, 7) is 3.96. The van der Waals surface area contributed by atoms with Crippen LogP contribution >= 0.6 is 0 Å². The molecule has 0 heterocycles. The molecule has 0 aliphatic carbocycles. The van der Waals surface area contributed by atoms with Crippen LogP contribution in [0.2, 0.25) is 0 Å². The first-order chi connectivity index (χ1) is 7.84. The van der Waals surface area contributed by atoms with Crippen LogP contribution in [-0.4, -0.2) is 36.1 Å². The second-order valence-electron chi connectivity index (χ2n) is 4.63. The number of hydrogen-bond acceptors (Lipinski definition) is 3. The van der Waals surface area contributed by atoms with Gasteiger partial charge in [-0.3, -0.25) is 4.79 Å². The third-order valence-electron chi connectivity index (χ3n) is 2.94. The fourth-order valence-electron chi connectivity index (χ4n) is 2.01. The van der Waals surface area contributed by atoms with Crippen molar-refractivity contribution in [1.82, 2.24) is 4.90 Å². The highest BCUT2D eigenvalue weighted by atomic mass is 16.4. The summed E-state index contributed by atoms with van der Waals surface area (Å²) in [5.41, 5.74) is 8.92. The van der Waals surface area contributed by atoms with Gasteiger partial charge in [0.15, 0.2) is 0 Å². The molecule has 4 heteroatoms. The number of carboxylic acids is 1. The number of carbonyl (C=O) groups is 1. The van der Waals surface area contributed by atoms with Gasteiger partial charge in [0.05, 0.1) is 6.04 Å². The zero-order chi connectivity index (χ0) is 13.2. The zero-order valence-corrected chi connectivity index (χ0v) is 10.8. The first-order valence-electron chi connectivity index (χ1n) is 5.56. The van der Waals surface area contributed by atoms with Crippen LogP contribution in [0.25, 0.3) is 0 Å². The highest BCUT2D eigenvalue weighted by molar-refractivity contribution is 5.74. The molecule has 0 aliphatic heterocycles. The van der Waals surface area contributed by atoms with E-state index in [-0.39, 0.29) is 6.04 Å². The van der Waals surface area contributed by atoms with Crippen molar-refractivity contribution in [2.45, 2.75) is 25.9 Å². The fraction of sp³-hybridized carbons (Fsp3) is 0.462. The number of likely N-dealkylation sites (N-methyl/N-ethyl adjacent to an activating group) is 1. The molecular formula is C13H20N2O2. The lowest BCUT2D eigenvalue weighted by Gasteiger charge is -2.29. The van der Waals surface area contributed by atoms with E-state index in [0.29, 0.717) is 0 Å². The number of aryl methyl sites for hydroxylation is 2. The van der Waals surface area contributed by atoms with E-state index in [1.165, 1.54) is 0 Å². The normalized spacial score (nSPS) is 14.7. The quantitative estimate of drug-likeness (QED) is 0.827. The van der Waals surface area contributed by atoms with Crippen LogP contribution in [0, 0.1) is 13.8 Å². The van der Waals surface area contributed by atoms with Gasteiger partial charge >= 0.3 is 5.97 Å². The van der Waals surface area contributed by atoms with Crippen LogP contribution in [0.3, 0.4) is 0 Å². The molecule has 0 fully saturated rings. The molecule has 0 radical (unpaired) electrons. The van der Waals surface area contributed by atoms with Crippen LogP contribution < -0.4 is 5.73 Å². The lowest BCUT2D eigenvalue weighted by Crippen LogP contribution is -2.43. The average molecular weight is 236 g/mol. The first-order valence-corrected chi connectivity index (χ1v) is 5.56. The molecule has 3 N–H and O–H groups in total. The smallest absolute Gasteiger partial charge is 0.322 e. The summed E-state index contributed by atoms with van der Waals surface area (Å²) < 4.78 is 0. The minimum atomic E-state index is -0.982. The largest absolute Gasteiger partial charge is 0.480 e. The molecule has 0 saturated heterocycles. The van der Waals surface area contributed by atoms with E-state index >= 15 is 0 Å². The van der Waals surface area contributed by atoms with Gasteiger partial charge in [0.2, 0.25) is 0 Å². The fourth-order valence-corrected chi connectivity index (χ4v) is 2.01. The Balaban J connectivity index is 3.22. The third kappa shape index (κ3) is 3.05. The van der Waals surface area contributed by atoms with E-state index in [4.69, 9.17) is 10.8 Å². The number of rotatable bonds is 4. The number of hydrogen-bond donors (Lipinski definition) is 2. The molecule has 0 aliphatic rings. The van der Waals surface area contributed by atoms with Crippen molar-refractivity contribution in [1.29, 1.82) is 0 Å². The van der Waals surface area contributed by atoms with Crippen LogP contribution in [0.4, 0.5) is 0 Å². The van der Waals surface area contributed by atoms with Gasteiger partial charge in [0, 0.05) is 0 Å². The van der Waals surface area contributed by atoms with Gasteiger partial charge in [-0.1, -0.05) is 23.8 Å². The van der Waals surface area contributed by atoms with E-state index in [1.54, 1.807) is 0 Å². The molecule has 17 heavy (non-hydrogen) atoms. The van der Waals surface area contributed by atoms with Crippen LogP contribution in [-0.2, 0) is 4.79 Å². The molecule has 0 saturated carbocycles. The Labute approximate surface area is 102 Å². The summed E-state index contributed by atoms with van der Waals surface area (Å²) >= 11 is 0. The molecule has 2 unspecified atom stereocenters. The summed E-state index contributed by atoms with van der Waals surface area (Å²) in [4.78, 5) is 12.9. The molecule has 4 nitrogen and oxygen atoms in total. The second-order valence-corrected chi connectivity index (χ2v) is 4.63. The second kappa shape index (κ2) is 5.29. The van der Waals surface area contributed by atoms with Crippen molar-refractivity contribution in [3.8, 4) is 0 Å². The van der Waals surface area contributed by atoms with Gasteiger partial charge in [-0.15, -0.1) is 0 Å². The summed E-state index contributed by atoms with van der Waals surface area (Å²) in [6, 6.07) is 4.77. The topological polar surface area (TPSA) is 66.6 Å². The first kappa shape index (κ1) is 13.7. The Kier molecular flexibility index (Phi) is 4.26. The predicted molar refractivity (Wildman–Crippen MR) is 68.0 cm³/mol. The summed E-state index contributed by atoms with van der Waals surface area (Å²) in [7, 11) is 3.68. The SMILES string of the molecule is Cc1ccc(C)c(C(C(N)C(=O)O)N(C)C)c1. The maximum absolute atomic E-state index is 11.1. The molecule has 0 bridgehead atoms. The molecule has 1 rings (SSSR count). The number of carboxylic acid groups (broad SMARTS) is 1. The lowest BCUT2D eigenvalue weighted by molar-refractivity contribution is -0.140. The van der Waals surface area contributed by atoms with E-state index in [1.807, 2.05) is 51.0 Å². The highest BCUT2D eigenvalue weighted by Gasteiger charge is 2.28. The molecule has 0 aromatic heterocycles. The van der Waals surface area contributed by atoms with E-state index in [9.17, 15) is 4.79 Å². The lowest BCUT2D eigenvalue weighted by atomic mass is 9.93. The van der Waals surface area contributed by atoms with Crippen LogP contribution in [0.5, 0.6) is 0 Å². The van der Waals surface area contributed by atoms with Gasteiger partial charge in [0.25, 0.3) is 0 Å². The van der Waals surface area contributed by atoms with Crippen LogP contribution in [0.15, 0.2) is 18.2 Å². The molecule has 0 spiro atoms. The predicted octanol–water partition coefficient (Wildman–Crippen LogP) is 1.32. The van der Waals surface area contributed by atoms with Gasteiger partial charge in [0.1, 0.15) is 6.04 Å². The number of nitrogens with zero attached hydrogens (tertiary/aromatic N) is 1. The molecule has 2 atom stereocenters. The number of benzene rings is 1. The Morgan fingerprint density at radius 2 is 1.94 bits per heavy atom. The van der Waals surface area contributed by atoms with Crippen molar-refractivity contribution in [2.75, 3.05) is 14.1 Å². The van der Waals surface area contributed by atoms with E-state index in [2.05, 4.69) is 0 Å². The molecular weight excluding hydrogens is 216 g/mol. The molecule has 94 valence electrons. The minimum Gasteiger partial charge on any atom is -0.480 e. The van der Waals surface area contributed by atoms with Gasteiger partial charge in [-0.25, -0.2) is 0 Å². The Morgan fingerprint density at radius 3 is 2.41 bits per heavy atom. The average Bonchev–Trinajstić information content (AvgIpc) is 2.22. The maximum Gasteiger partial charge on any atom is 0.322 e. The van der Waals surface area contributed by atoms with Gasteiger partial charge in [-0.2, -0.15) is 0 Å². The summed E-state index contributed by atoms with van der Waals surface area (Å²) in [6.07, 6.45) is 0. The molecule has 1 aromatic carbocycles. The Morgan fingerprint density at radius 1 is 1.35 bits per heavy atom. The number of aliphatic carboxylic acids is 1. The van der Waals surface area contributed by atoms with Crippen molar-refractivity contribution in [3.63, 3.8) is 0 Å². The standard InChI is InChI=1S/C13H20N2O2/c1-8-5-6-9(2)10(7-8)12(15(3)4)11(14)13(16)17/h5-7,11-12H,14H2,1-4H3,(H,16,17).